The van der Waals surface area contributed by atoms with Gasteiger partial charge in [0.25, 0.3) is 15.9 Å². The van der Waals surface area contributed by atoms with Crippen LogP contribution < -0.4 is 9.42 Å². The molecule has 6 nitrogen and oxygen atoms in total. The zero-order chi connectivity index (χ0) is 18.1. The summed E-state index contributed by atoms with van der Waals surface area (Å²) < 4.78 is 32.5. The van der Waals surface area contributed by atoms with Gasteiger partial charge in [0.15, 0.2) is 4.91 Å². The van der Waals surface area contributed by atoms with Gasteiger partial charge in [-0.15, -0.1) is 0 Å². The summed E-state index contributed by atoms with van der Waals surface area (Å²) in [6, 6.07) is 20.3. The highest BCUT2D eigenvalue weighted by atomic mass is 32.2. The summed E-state index contributed by atoms with van der Waals surface area (Å²) in [5.41, 5.74) is 0.820. The molecule has 0 bridgehead atoms. The molecule has 1 aromatic heterocycles. The lowest BCUT2D eigenvalue weighted by Gasteiger charge is -2.27. The number of rotatable bonds is 3. The van der Waals surface area contributed by atoms with E-state index < -0.39 is 15.9 Å². The second kappa shape index (κ2) is 6.20. The third-order valence-electron chi connectivity index (χ3n) is 3.88. The van der Waals surface area contributed by atoms with E-state index in [4.69, 9.17) is 4.42 Å². The van der Waals surface area contributed by atoms with E-state index in [0.29, 0.717) is 17.1 Å². The Morgan fingerprint density at radius 3 is 2.00 bits per heavy atom. The molecule has 3 aromatic rings. The van der Waals surface area contributed by atoms with Crippen molar-refractivity contribution in [3.05, 3.63) is 89.7 Å². The summed E-state index contributed by atoms with van der Waals surface area (Å²) in [6.45, 7) is 0. The largest absolute Gasteiger partial charge is 0.465 e. The topological polar surface area (TPSA) is 70.8 Å². The highest BCUT2D eigenvalue weighted by Gasteiger charge is 2.48. The number of hydrogen-bond acceptors (Lipinski definition) is 4. The molecule has 0 saturated carbocycles. The molecule has 1 aliphatic heterocycles. The van der Waals surface area contributed by atoms with Crippen molar-refractivity contribution in [1.29, 1.82) is 0 Å². The van der Waals surface area contributed by atoms with Crippen LogP contribution in [-0.4, -0.2) is 14.3 Å². The summed E-state index contributed by atoms with van der Waals surface area (Å²) in [6.07, 6.45) is 2.67. The predicted molar refractivity (Wildman–Crippen MR) is 98.5 cm³/mol. The number of amides is 1. The lowest BCUT2D eigenvalue weighted by molar-refractivity contribution is -0.114. The molecule has 1 saturated heterocycles. The average molecular weight is 366 g/mol. The maximum Gasteiger partial charge on any atom is 0.291 e. The Morgan fingerprint density at radius 1 is 0.808 bits per heavy atom. The second-order valence-corrected chi connectivity index (χ2v) is 7.30. The Balaban J connectivity index is 1.93. The van der Waals surface area contributed by atoms with Crippen LogP contribution in [0.4, 0.5) is 11.4 Å². The van der Waals surface area contributed by atoms with Crippen molar-refractivity contribution in [2.24, 2.45) is 0 Å². The fraction of sp³-hybridized carbons (Fsp3) is 0. The van der Waals surface area contributed by atoms with Crippen molar-refractivity contribution in [1.82, 2.24) is 0 Å². The van der Waals surface area contributed by atoms with Crippen molar-refractivity contribution in [2.75, 3.05) is 9.42 Å². The van der Waals surface area contributed by atoms with E-state index in [1.54, 1.807) is 72.8 Å². The van der Waals surface area contributed by atoms with Gasteiger partial charge in [0, 0.05) is 6.08 Å². The van der Waals surface area contributed by atoms with Crippen LogP contribution in [0.25, 0.3) is 6.08 Å². The van der Waals surface area contributed by atoms with Crippen LogP contribution >= 0.6 is 0 Å². The number of hydrazine groups is 1. The van der Waals surface area contributed by atoms with Gasteiger partial charge in [-0.3, -0.25) is 4.79 Å². The Kier molecular flexibility index (Phi) is 3.85. The maximum absolute atomic E-state index is 13.2. The molecule has 0 N–H and O–H groups in total. The van der Waals surface area contributed by atoms with Gasteiger partial charge in [-0.2, -0.15) is 12.8 Å². The van der Waals surface area contributed by atoms with Gasteiger partial charge in [0.2, 0.25) is 0 Å². The number of sulfonamides is 1. The number of hydrogen-bond donors (Lipinski definition) is 0. The quantitative estimate of drug-likeness (QED) is 0.666. The average Bonchev–Trinajstić information content (AvgIpc) is 3.24. The molecule has 0 aliphatic carbocycles. The molecule has 4 rings (SSSR count). The number of anilines is 2. The number of benzene rings is 2. The summed E-state index contributed by atoms with van der Waals surface area (Å²) >= 11 is 0. The summed E-state index contributed by atoms with van der Waals surface area (Å²) in [7, 11) is -4.09. The van der Waals surface area contributed by atoms with Gasteiger partial charge >= 0.3 is 0 Å². The van der Waals surface area contributed by atoms with Crippen molar-refractivity contribution in [3.63, 3.8) is 0 Å². The van der Waals surface area contributed by atoms with Crippen molar-refractivity contribution in [3.8, 4) is 0 Å². The molecule has 1 fully saturated rings. The highest BCUT2D eigenvalue weighted by molar-refractivity contribution is 7.98. The Labute approximate surface area is 150 Å². The fourth-order valence-corrected chi connectivity index (χ4v) is 4.28. The van der Waals surface area contributed by atoms with Crippen LogP contribution in [0.15, 0.2) is 88.4 Å². The molecule has 0 radical (unpaired) electrons. The number of carbonyl (C=O) groups is 1. The van der Waals surface area contributed by atoms with Crippen LogP contribution in [0.2, 0.25) is 0 Å². The molecule has 0 spiro atoms. The molecule has 0 unspecified atom stereocenters. The van der Waals surface area contributed by atoms with Gasteiger partial charge < -0.3 is 4.42 Å². The first kappa shape index (κ1) is 16.2. The number of para-hydroxylation sites is 2. The SMILES string of the molecule is O=C1C(=Cc2ccco2)S(=O)(=O)N(c2ccccc2)N1c1ccccc1. The van der Waals surface area contributed by atoms with E-state index in [1.165, 1.54) is 12.3 Å². The lowest BCUT2D eigenvalue weighted by atomic mass is 10.3. The summed E-state index contributed by atoms with van der Waals surface area (Å²) in [5.74, 6) is -0.351. The van der Waals surface area contributed by atoms with Gasteiger partial charge in [-0.05, 0) is 36.4 Å². The van der Waals surface area contributed by atoms with Crippen LogP contribution in [0, 0.1) is 0 Å². The van der Waals surface area contributed by atoms with Crippen LogP contribution in [0.5, 0.6) is 0 Å². The zero-order valence-corrected chi connectivity index (χ0v) is 14.3. The van der Waals surface area contributed by atoms with Crippen molar-refractivity contribution >= 4 is 33.4 Å². The molecule has 7 heteroatoms. The monoisotopic (exact) mass is 366 g/mol. The number of nitrogens with zero attached hydrogens (tertiary/aromatic N) is 2. The van der Waals surface area contributed by atoms with E-state index in [1.807, 2.05) is 0 Å². The first-order valence-corrected chi connectivity index (χ1v) is 9.28. The predicted octanol–water partition coefficient (Wildman–Crippen LogP) is 3.42. The smallest absolute Gasteiger partial charge is 0.291 e. The molecule has 1 amide bonds. The van der Waals surface area contributed by atoms with Gasteiger partial charge in [-0.1, -0.05) is 36.4 Å². The molecular formula is C19H14N2O4S. The van der Waals surface area contributed by atoms with Crippen LogP contribution in [0.1, 0.15) is 5.76 Å². The van der Waals surface area contributed by atoms with Gasteiger partial charge in [0.05, 0.1) is 17.6 Å². The van der Waals surface area contributed by atoms with E-state index in [0.717, 1.165) is 9.42 Å². The summed E-state index contributed by atoms with van der Waals surface area (Å²) in [4.78, 5) is 12.7. The molecule has 2 aromatic carbocycles. The van der Waals surface area contributed by atoms with Gasteiger partial charge in [-0.25, -0.2) is 5.01 Å². The Morgan fingerprint density at radius 2 is 1.42 bits per heavy atom. The fourth-order valence-electron chi connectivity index (χ4n) is 2.74. The van der Waals surface area contributed by atoms with Crippen molar-refractivity contribution in [2.45, 2.75) is 0 Å². The minimum absolute atomic E-state index is 0.292. The summed E-state index contributed by atoms with van der Waals surface area (Å²) in [5, 5.41) is 1.15. The van der Waals surface area contributed by atoms with E-state index in [9.17, 15) is 13.2 Å². The molecule has 130 valence electrons. The van der Waals surface area contributed by atoms with Crippen molar-refractivity contribution < 1.29 is 17.6 Å². The minimum atomic E-state index is -4.09. The molecule has 26 heavy (non-hydrogen) atoms. The first-order valence-electron chi connectivity index (χ1n) is 7.84. The van der Waals surface area contributed by atoms with E-state index in [2.05, 4.69) is 0 Å². The zero-order valence-electron chi connectivity index (χ0n) is 13.5. The van der Waals surface area contributed by atoms with Crippen LogP contribution in [0.3, 0.4) is 0 Å². The number of furan rings is 1. The molecule has 2 heterocycles. The normalized spacial score (nSPS) is 17.8. The van der Waals surface area contributed by atoms with E-state index in [-0.39, 0.29) is 4.91 Å². The second-order valence-electron chi connectivity index (χ2n) is 5.56. The molecular weight excluding hydrogens is 352 g/mol. The third kappa shape index (κ3) is 2.58. The Bertz CT molecular complexity index is 1060. The Hall–Kier alpha value is -3.32. The lowest BCUT2D eigenvalue weighted by Crippen LogP contribution is -2.41. The number of carbonyl (C=O) groups excluding carboxylic acids is 1. The minimum Gasteiger partial charge on any atom is -0.465 e. The van der Waals surface area contributed by atoms with Gasteiger partial charge in [0.1, 0.15) is 5.76 Å². The van der Waals surface area contributed by atoms with Crippen LogP contribution in [-0.2, 0) is 14.8 Å². The highest BCUT2D eigenvalue weighted by Crippen LogP contribution is 2.36. The van der Waals surface area contributed by atoms with E-state index >= 15 is 0 Å². The standard InChI is InChI=1S/C19H14N2O4S/c22-19-18(14-17-12-7-13-25-17)26(23,24)21(16-10-5-2-6-11-16)20(19)15-8-3-1-4-9-15/h1-14H. The first-order chi connectivity index (χ1) is 12.6. The third-order valence-corrected chi connectivity index (χ3v) is 5.56. The molecule has 1 aliphatic rings. The maximum atomic E-state index is 13.2. The molecule has 0 atom stereocenters.